The van der Waals surface area contributed by atoms with Crippen LogP contribution in [0.5, 0.6) is 5.75 Å². The minimum absolute atomic E-state index is 0.0523. The Morgan fingerprint density at radius 1 is 1.33 bits per heavy atom. The van der Waals surface area contributed by atoms with Gasteiger partial charge in [-0.05, 0) is 50.3 Å². The fraction of sp³-hybridized carbons (Fsp3) is 0.542. The van der Waals surface area contributed by atoms with Gasteiger partial charge in [-0.3, -0.25) is 9.48 Å². The fourth-order valence-corrected chi connectivity index (χ4v) is 5.19. The van der Waals surface area contributed by atoms with Gasteiger partial charge in [0.2, 0.25) is 5.91 Å². The third kappa shape index (κ3) is 5.26. The second-order valence-electron chi connectivity index (χ2n) is 8.95. The van der Waals surface area contributed by atoms with E-state index in [4.69, 9.17) is 26.3 Å². The maximum atomic E-state index is 12.8. The van der Waals surface area contributed by atoms with E-state index in [-0.39, 0.29) is 29.3 Å². The molecule has 2 aliphatic rings. The molecule has 5 unspecified atom stereocenters. The number of anilines is 1. The van der Waals surface area contributed by atoms with E-state index in [2.05, 4.69) is 21.8 Å². The molecular weight excluding hydrogens is 442 g/mol. The first-order valence-electron chi connectivity index (χ1n) is 11.3. The normalized spacial score (nSPS) is 26.8. The summed E-state index contributed by atoms with van der Waals surface area (Å²) in [5, 5.41) is 20.0. The number of aryl methyl sites for hydroxylation is 2. The minimum atomic E-state index is -0.147. The number of methoxy groups -OCH3 is 1. The first-order valence-corrected chi connectivity index (χ1v) is 11.7. The number of nitrogens with one attached hydrogen (secondary N) is 2. The number of amides is 1. The van der Waals surface area contributed by atoms with Gasteiger partial charge in [0.15, 0.2) is 0 Å². The van der Waals surface area contributed by atoms with E-state index in [0.29, 0.717) is 36.8 Å². The van der Waals surface area contributed by atoms with E-state index in [9.17, 15) is 4.79 Å². The second kappa shape index (κ2) is 10.0. The predicted molar refractivity (Wildman–Crippen MR) is 125 cm³/mol. The number of benzene rings is 1. The molecule has 2 N–H and O–H groups in total. The Hall–Kier alpha value is -2.76. The van der Waals surface area contributed by atoms with Gasteiger partial charge in [-0.1, -0.05) is 0 Å². The zero-order valence-electron chi connectivity index (χ0n) is 19.2. The molecule has 176 valence electrons. The van der Waals surface area contributed by atoms with E-state index >= 15 is 0 Å². The van der Waals surface area contributed by atoms with E-state index in [1.807, 2.05) is 30.8 Å². The van der Waals surface area contributed by atoms with Crippen molar-refractivity contribution in [3.8, 4) is 11.8 Å². The van der Waals surface area contributed by atoms with Crippen molar-refractivity contribution in [3.63, 3.8) is 0 Å². The smallest absolute Gasteiger partial charge is 0.225 e. The first-order chi connectivity index (χ1) is 15.9. The third-order valence-electron chi connectivity index (χ3n) is 6.76. The van der Waals surface area contributed by atoms with Crippen LogP contribution in [0, 0.1) is 30.1 Å². The highest BCUT2D eigenvalue weighted by molar-refractivity contribution is 6.21. The molecule has 5 atom stereocenters. The Bertz CT molecular complexity index is 1030. The van der Waals surface area contributed by atoms with Gasteiger partial charge in [-0.25, -0.2) is 0 Å². The number of ether oxygens (including phenoxy) is 2. The van der Waals surface area contributed by atoms with Gasteiger partial charge in [0.05, 0.1) is 42.4 Å². The Balaban J connectivity index is 1.31. The van der Waals surface area contributed by atoms with E-state index in [1.165, 1.54) is 7.11 Å². The first kappa shape index (κ1) is 23.4. The highest BCUT2D eigenvalue weighted by atomic mass is 35.5. The minimum Gasteiger partial charge on any atom is -0.495 e. The molecule has 1 amide bonds. The molecule has 1 saturated carbocycles. The molecule has 1 aromatic carbocycles. The number of alkyl halides is 1. The van der Waals surface area contributed by atoms with Gasteiger partial charge in [-0.2, -0.15) is 10.4 Å². The van der Waals surface area contributed by atoms with Crippen LogP contribution in [0.3, 0.4) is 0 Å². The van der Waals surface area contributed by atoms with Crippen molar-refractivity contribution in [2.75, 3.05) is 19.0 Å². The van der Waals surface area contributed by atoms with Gasteiger partial charge in [0.1, 0.15) is 11.8 Å². The fourth-order valence-electron chi connectivity index (χ4n) is 4.79. The number of carbonyl (C=O) groups is 1. The Morgan fingerprint density at radius 2 is 2.15 bits per heavy atom. The van der Waals surface area contributed by atoms with Gasteiger partial charge in [0, 0.05) is 37.1 Å². The summed E-state index contributed by atoms with van der Waals surface area (Å²) in [4.78, 5) is 12.8. The van der Waals surface area contributed by atoms with Crippen LogP contribution in [0.1, 0.15) is 36.2 Å². The molecule has 1 saturated heterocycles. The highest BCUT2D eigenvalue weighted by Crippen LogP contribution is 2.37. The molecule has 9 heteroatoms. The number of aromatic nitrogens is 2. The Kier molecular flexibility index (Phi) is 7.11. The lowest BCUT2D eigenvalue weighted by molar-refractivity contribution is -0.130. The summed E-state index contributed by atoms with van der Waals surface area (Å²) < 4.78 is 13.2. The van der Waals surface area contributed by atoms with Crippen LogP contribution in [0.15, 0.2) is 24.3 Å². The van der Waals surface area contributed by atoms with Crippen molar-refractivity contribution in [3.05, 3.63) is 41.2 Å². The number of piperidine rings is 1. The molecule has 0 bridgehead atoms. The zero-order chi connectivity index (χ0) is 23.5. The monoisotopic (exact) mass is 471 g/mol. The number of rotatable bonds is 7. The molecule has 1 aromatic heterocycles. The number of hydrogen-bond donors (Lipinski definition) is 2. The van der Waals surface area contributed by atoms with Crippen LogP contribution in [0.2, 0.25) is 0 Å². The number of nitrogens with zero attached hydrogens (tertiary/aromatic N) is 3. The quantitative estimate of drug-likeness (QED) is 0.601. The predicted octanol–water partition coefficient (Wildman–Crippen LogP) is 3.13. The van der Waals surface area contributed by atoms with Gasteiger partial charge >= 0.3 is 0 Å². The highest BCUT2D eigenvalue weighted by Gasteiger charge is 2.43. The lowest BCUT2D eigenvalue weighted by Crippen LogP contribution is -2.56. The van der Waals surface area contributed by atoms with Gasteiger partial charge in [-0.15, -0.1) is 11.6 Å². The molecule has 2 aromatic rings. The van der Waals surface area contributed by atoms with Crippen LogP contribution < -0.4 is 15.4 Å². The van der Waals surface area contributed by atoms with Crippen LogP contribution in [-0.2, 0) is 23.2 Å². The molecular formula is C24H30ClN5O3. The maximum Gasteiger partial charge on any atom is 0.225 e. The zero-order valence-corrected chi connectivity index (χ0v) is 19.9. The van der Waals surface area contributed by atoms with Crippen LogP contribution in [0.25, 0.3) is 0 Å². The number of hydrogen-bond acceptors (Lipinski definition) is 6. The SMILES string of the molecule is COc1cc(NCC2CC3CC(Cl)C(OCc4cc(C)n(C)n4)CC3NC2=O)ccc1C#N. The van der Waals surface area contributed by atoms with Crippen LogP contribution in [-0.4, -0.2) is 46.9 Å². The molecule has 1 aliphatic heterocycles. The largest absolute Gasteiger partial charge is 0.495 e. The van der Waals surface area contributed by atoms with Crippen LogP contribution in [0.4, 0.5) is 5.69 Å². The summed E-state index contributed by atoms with van der Waals surface area (Å²) in [6.45, 7) is 2.93. The summed E-state index contributed by atoms with van der Waals surface area (Å²) in [6, 6.07) is 9.51. The summed E-state index contributed by atoms with van der Waals surface area (Å²) in [5.74, 6) is 0.742. The van der Waals surface area contributed by atoms with Crippen molar-refractivity contribution in [2.24, 2.45) is 18.9 Å². The number of carbonyl (C=O) groups excluding carboxylic acids is 1. The molecule has 1 aliphatic carbocycles. The topological polar surface area (TPSA) is 101 Å². The van der Waals surface area contributed by atoms with E-state index < -0.39 is 0 Å². The number of halogens is 1. The van der Waals surface area contributed by atoms with E-state index in [1.54, 1.807) is 12.1 Å². The van der Waals surface area contributed by atoms with Crippen molar-refractivity contribution in [1.29, 1.82) is 5.26 Å². The molecule has 4 rings (SSSR count). The lowest BCUT2D eigenvalue weighted by atomic mass is 9.74. The number of fused-ring (bicyclic) bond motifs is 1. The summed E-state index contributed by atoms with van der Waals surface area (Å²) in [5.41, 5.74) is 3.27. The summed E-state index contributed by atoms with van der Waals surface area (Å²) >= 11 is 6.71. The van der Waals surface area contributed by atoms with Gasteiger partial charge < -0.3 is 20.1 Å². The second-order valence-corrected chi connectivity index (χ2v) is 9.51. The van der Waals surface area contributed by atoms with E-state index in [0.717, 1.165) is 29.9 Å². The lowest BCUT2D eigenvalue weighted by Gasteiger charge is -2.44. The van der Waals surface area contributed by atoms with Crippen molar-refractivity contribution >= 4 is 23.2 Å². The molecule has 2 heterocycles. The van der Waals surface area contributed by atoms with Crippen LogP contribution >= 0.6 is 11.6 Å². The van der Waals surface area contributed by atoms with Crippen molar-refractivity contribution < 1.29 is 14.3 Å². The standard InChI is InChI=1S/C24H30ClN5O3/c1-14-6-19(29-30(14)2)13-33-23-10-21-16(8-20(23)25)7-17(24(31)28-21)12-27-18-5-4-15(11-26)22(9-18)32-3/h4-6,9,16-17,20-21,23,27H,7-8,10,12-13H2,1-3H3,(H,28,31). The average molecular weight is 472 g/mol. The van der Waals surface area contributed by atoms with Gasteiger partial charge in [0.25, 0.3) is 0 Å². The Morgan fingerprint density at radius 3 is 2.85 bits per heavy atom. The number of nitriles is 1. The molecule has 2 fully saturated rings. The average Bonchev–Trinajstić information content (AvgIpc) is 3.13. The van der Waals surface area contributed by atoms with Crippen molar-refractivity contribution in [2.45, 2.75) is 50.3 Å². The summed E-state index contributed by atoms with van der Waals surface area (Å²) in [6.07, 6.45) is 2.19. The third-order valence-corrected chi connectivity index (χ3v) is 7.22. The molecule has 33 heavy (non-hydrogen) atoms. The molecule has 0 spiro atoms. The van der Waals surface area contributed by atoms with Crippen molar-refractivity contribution in [1.82, 2.24) is 15.1 Å². The maximum absolute atomic E-state index is 12.8. The summed E-state index contributed by atoms with van der Waals surface area (Å²) in [7, 11) is 3.45. The molecule has 0 radical (unpaired) electrons. The Labute approximate surface area is 199 Å². The molecule has 8 nitrogen and oxygen atoms in total.